The number of carbonyl (C=O) groups is 2. The second kappa shape index (κ2) is 7.81. The van der Waals surface area contributed by atoms with Crippen LogP contribution >= 0.6 is 0 Å². The number of esters is 2. The zero-order valence-electron chi connectivity index (χ0n) is 18.3. The molecule has 10 atom stereocenters. The van der Waals surface area contributed by atoms with Gasteiger partial charge < -0.3 is 9.47 Å². The van der Waals surface area contributed by atoms with Gasteiger partial charge in [0.05, 0.1) is 26.1 Å². The molecule has 0 spiro atoms. The monoisotopic (exact) mass is 414 g/mol. The third-order valence-electron chi connectivity index (χ3n) is 10.6. The highest BCUT2D eigenvalue weighted by atomic mass is 16.5. The molecule has 0 aromatic carbocycles. The van der Waals surface area contributed by atoms with Crippen molar-refractivity contribution in [2.75, 3.05) is 13.2 Å². The van der Waals surface area contributed by atoms with Crippen LogP contribution < -0.4 is 0 Å². The summed E-state index contributed by atoms with van der Waals surface area (Å²) in [5.41, 5.74) is 0. The van der Waals surface area contributed by atoms with Gasteiger partial charge in [0.25, 0.3) is 0 Å². The minimum atomic E-state index is -0.216. The molecular weight excluding hydrogens is 376 g/mol. The highest BCUT2D eigenvalue weighted by molar-refractivity contribution is 5.77. The Labute approximate surface area is 180 Å². The van der Waals surface area contributed by atoms with E-state index in [0.29, 0.717) is 25.0 Å². The third kappa shape index (κ3) is 3.32. The van der Waals surface area contributed by atoms with Crippen LogP contribution in [-0.4, -0.2) is 25.2 Å². The Morgan fingerprint density at radius 1 is 0.567 bits per heavy atom. The summed E-state index contributed by atoms with van der Waals surface area (Å²) in [6, 6.07) is 0. The molecule has 0 saturated heterocycles. The Bertz CT molecular complexity index is 631. The van der Waals surface area contributed by atoms with E-state index in [1.54, 1.807) is 0 Å². The van der Waals surface area contributed by atoms with Crippen molar-refractivity contribution in [3.63, 3.8) is 0 Å². The van der Waals surface area contributed by atoms with Crippen LogP contribution in [0.3, 0.4) is 0 Å². The Hall–Kier alpha value is -1.06. The first kappa shape index (κ1) is 19.6. The fraction of sp³-hybridized carbons (Fsp3) is 0.923. The van der Waals surface area contributed by atoms with Gasteiger partial charge in [0.15, 0.2) is 0 Å². The van der Waals surface area contributed by atoms with Crippen LogP contribution in [0.5, 0.6) is 0 Å². The lowest BCUT2D eigenvalue weighted by Gasteiger charge is -2.31. The Balaban J connectivity index is 0.889. The molecule has 6 rings (SSSR count). The normalized spacial score (nSPS) is 47.5. The van der Waals surface area contributed by atoms with Gasteiger partial charge in [-0.25, -0.2) is 0 Å². The highest BCUT2D eigenvalue weighted by Gasteiger charge is 2.54. The van der Waals surface area contributed by atoms with Gasteiger partial charge in [-0.05, 0) is 111 Å². The number of ether oxygens (including phenoxy) is 2. The molecule has 166 valence electrons. The van der Waals surface area contributed by atoms with Crippen molar-refractivity contribution in [1.29, 1.82) is 0 Å². The van der Waals surface area contributed by atoms with Gasteiger partial charge in [-0.3, -0.25) is 9.59 Å². The zero-order chi connectivity index (χ0) is 20.2. The molecule has 6 saturated carbocycles. The van der Waals surface area contributed by atoms with E-state index in [4.69, 9.17) is 9.47 Å². The molecule has 0 aliphatic heterocycles. The molecule has 4 heteroatoms. The van der Waals surface area contributed by atoms with Gasteiger partial charge in [0.1, 0.15) is 0 Å². The average molecular weight is 415 g/mol. The van der Waals surface area contributed by atoms with Crippen molar-refractivity contribution in [2.45, 2.75) is 77.0 Å². The fourth-order valence-electron chi connectivity index (χ4n) is 9.55. The van der Waals surface area contributed by atoms with Crippen LogP contribution in [0.4, 0.5) is 0 Å². The molecule has 0 N–H and O–H groups in total. The van der Waals surface area contributed by atoms with Gasteiger partial charge >= 0.3 is 11.9 Å². The summed E-state index contributed by atoms with van der Waals surface area (Å²) in [5, 5.41) is 0. The highest BCUT2D eigenvalue weighted by Crippen LogP contribution is 2.62. The topological polar surface area (TPSA) is 52.6 Å². The van der Waals surface area contributed by atoms with Crippen molar-refractivity contribution < 1.29 is 19.1 Å². The van der Waals surface area contributed by atoms with E-state index in [1.165, 1.54) is 64.2 Å². The summed E-state index contributed by atoms with van der Waals surface area (Å²) in [6.45, 7) is 1.15. The van der Waals surface area contributed by atoms with E-state index in [-0.39, 0.29) is 24.8 Å². The van der Waals surface area contributed by atoms with Crippen LogP contribution in [0, 0.1) is 59.2 Å². The molecule has 0 amide bonds. The second-order valence-electron chi connectivity index (χ2n) is 11.7. The Kier molecular flexibility index (Phi) is 5.11. The predicted octanol–water partition coefficient (Wildman–Crippen LogP) is 5.00. The summed E-state index contributed by atoms with van der Waals surface area (Å²) in [5.74, 6) is 7.86. The zero-order valence-corrected chi connectivity index (χ0v) is 18.3. The predicted molar refractivity (Wildman–Crippen MR) is 112 cm³/mol. The first-order chi connectivity index (χ1) is 14.7. The molecule has 0 radical (unpaired) electrons. The second-order valence-corrected chi connectivity index (χ2v) is 11.7. The summed E-state index contributed by atoms with van der Waals surface area (Å²) in [6.07, 6.45) is 14.1. The van der Waals surface area contributed by atoms with Crippen molar-refractivity contribution in [3.8, 4) is 0 Å². The standard InChI is InChI=1S/C26H38O4/c27-25(29-13-17-9-15-11-23(17)21-5-1-3-19(15)21)7-8-26(28)30-14-18-10-16-12-24(18)22-6-2-4-20(16)22/h15-24H,1-14H2. The maximum absolute atomic E-state index is 12.2. The summed E-state index contributed by atoms with van der Waals surface area (Å²) < 4.78 is 11.2. The molecule has 6 fully saturated rings. The molecule has 4 bridgehead atoms. The molecular formula is C26H38O4. The summed E-state index contributed by atoms with van der Waals surface area (Å²) >= 11 is 0. The van der Waals surface area contributed by atoms with Crippen molar-refractivity contribution in [3.05, 3.63) is 0 Å². The third-order valence-corrected chi connectivity index (χ3v) is 10.6. The van der Waals surface area contributed by atoms with Crippen LogP contribution in [0.2, 0.25) is 0 Å². The SMILES string of the molecule is O=C(CCC(=O)OCC1CC2CC1C1CCCC21)OCC1CC2CC1C1CCCC21. The van der Waals surface area contributed by atoms with Crippen molar-refractivity contribution in [1.82, 2.24) is 0 Å². The van der Waals surface area contributed by atoms with E-state index in [1.807, 2.05) is 0 Å². The minimum absolute atomic E-state index is 0.174. The number of carbonyl (C=O) groups excluding carboxylic acids is 2. The van der Waals surface area contributed by atoms with Gasteiger partial charge in [-0.15, -0.1) is 0 Å². The van der Waals surface area contributed by atoms with E-state index in [9.17, 15) is 9.59 Å². The lowest BCUT2D eigenvalue weighted by molar-refractivity contribution is -0.152. The first-order valence-electron chi connectivity index (χ1n) is 13.0. The number of rotatable bonds is 7. The van der Waals surface area contributed by atoms with Crippen LogP contribution in [0.1, 0.15) is 77.0 Å². The lowest BCUT2D eigenvalue weighted by Crippen LogP contribution is -2.28. The summed E-state index contributed by atoms with van der Waals surface area (Å²) in [4.78, 5) is 24.4. The maximum atomic E-state index is 12.2. The quantitative estimate of drug-likeness (QED) is 0.550. The van der Waals surface area contributed by atoms with Crippen LogP contribution in [0.25, 0.3) is 0 Å². The van der Waals surface area contributed by atoms with E-state index >= 15 is 0 Å². The Morgan fingerprint density at radius 3 is 1.47 bits per heavy atom. The smallest absolute Gasteiger partial charge is 0.306 e. The molecule has 6 aliphatic carbocycles. The summed E-state index contributed by atoms with van der Waals surface area (Å²) in [7, 11) is 0. The Morgan fingerprint density at radius 2 is 1.00 bits per heavy atom. The van der Waals surface area contributed by atoms with Crippen LogP contribution in [0.15, 0.2) is 0 Å². The fourth-order valence-corrected chi connectivity index (χ4v) is 9.55. The molecule has 0 aromatic heterocycles. The maximum Gasteiger partial charge on any atom is 0.306 e. The molecule has 6 aliphatic rings. The van der Waals surface area contributed by atoms with Gasteiger partial charge in [0.2, 0.25) is 0 Å². The molecule has 4 nitrogen and oxygen atoms in total. The van der Waals surface area contributed by atoms with Gasteiger partial charge in [-0.2, -0.15) is 0 Å². The van der Waals surface area contributed by atoms with Crippen molar-refractivity contribution >= 4 is 11.9 Å². The van der Waals surface area contributed by atoms with Crippen LogP contribution in [-0.2, 0) is 19.1 Å². The number of fused-ring (bicyclic) bond motifs is 10. The molecule has 10 unspecified atom stereocenters. The molecule has 0 heterocycles. The van der Waals surface area contributed by atoms with E-state index < -0.39 is 0 Å². The lowest BCUT2D eigenvalue weighted by atomic mass is 9.76. The number of hydrogen-bond donors (Lipinski definition) is 0. The minimum Gasteiger partial charge on any atom is -0.465 e. The average Bonchev–Trinajstić information content (AvgIpc) is 3.55. The largest absolute Gasteiger partial charge is 0.465 e. The number of hydrogen-bond acceptors (Lipinski definition) is 4. The van der Waals surface area contributed by atoms with Crippen molar-refractivity contribution in [2.24, 2.45) is 59.2 Å². The van der Waals surface area contributed by atoms with Gasteiger partial charge in [0, 0.05) is 0 Å². The van der Waals surface area contributed by atoms with E-state index in [0.717, 1.165) is 47.3 Å². The first-order valence-corrected chi connectivity index (χ1v) is 13.0. The van der Waals surface area contributed by atoms with E-state index in [2.05, 4.69) is 0 Å². The molecule has 30 heavy (non-hydrogen) atoms. The van der Waals surface area contributed by atoms with Gasteiger partial charge in [-0.1, -0.05) is 12.8 Å². The molecule has 0 aromatic rings.